The summed E-state index contributed by atoms with van der Waals surface area (Å²) in [5, 5.41) is 4.55. The van der Waals surface area contributed by atoms with Crippen LogP contribution in [0.2, 0.25) is 0 Å². The molecule has 0 saturated carbocycles. The Hall–Kier alpha value is -0.870. The minimum absolute atomic E-state index is 0.0302. The molecule has 4 heteroatoms. The second kappa shape index (κ2) is 4.18. The number of hydrogen-bond donors (Lipinski definition) is 1. The average Bonchev–Trinajstić information content (AvgIpc) is 2.46. The van der Waals surface area contributed by atoms with Gasteiger partial charge in [-0.25, -0.2) is 5.90 Å². The van der Waals surface area contributed by atoms with Crippen LogP contribution in [-0.2, 0) is 22.7 Å². The van der Waals surface area contributed by atoms with Crippen LogP contribution in [0.1, 0.15) is 45.9 Å². The molecular formula is C12H23N3O. The zero-order valence-corrected chi connectivity index (χ0v) is 11.2. The van der Waals surface area contributed by atoms with E-state index in [0.717, 1.165) is 5.69 Å². The second-order valence-corrected chi connectivity index (χ2v) is 6.01. The van der Waals surface area contributed by atoms with Gasteiger partial charge in [-0.2, -0.15) is 5.10 Å². The van der Waals surface area contributed by atoms with E-state index in [2.05, 4.69) is 45.9 Å². The monoisotopic (exact) mass is 225 g/mol. The van der Waals surface area contributed by atoms with Crippen molar-refractivity contribution in [3.05, 3.63) is 17.5 Å². The fourth-order valence-electron chi connectivity index (χ4n) is 1.82. The standard InChI is InChI=1S/C12H23N3O/c1-11(2,3)10-9(7-15(6)14-10)12(4,5)8-16-13/h7H,8,13H2,1-6H3. The third-order valence-electron chi connectivity index (χ3n) is 2.71. The molecule has 0 fully saturated rings. The normalized spacial score (nSPS) is 13.2. The molecule has 0 unspecified atom stereocenters. The van der Waals surface area contributed by atoms with Gasteiger partial charge in [0.1, 0.15) is 0 Å². The molecule has 0 radical (unpaired) electrons. The second-order valence-electron chi connectivity index (χ2n) is 6.01. The molecule has 0 bridgehead atoms. The van der Waals surface area contributed by atoms with E-state index in [1.54, 1.807) is 0 Å². The van der Waals surface area contributed by atoms with Crippen LogP contribution in [0, 0.1) is 0 Å². The Morgan fingerprint density at radius 2 is 1.88 bits per heavy atom. The van der Waals surface area contributed by atoms with Crippen molar-refractivity contribution in [3.63, 3.8) is 0 Å². The Balaban J connectivity index is 3.23. The van der Waals surface area contributed by atoms with E-state index < -0.39 is 0 Å². The summed E-state index contributed by atoms with van der Waals surface area (Å²) in [7, 11) is 1.94. The van der Waals surface area contributed by atoms with Gasteiger partial charge in [-0.15, -0.1) is 0 Å². The predicted molar refractivity (Wildman–Crippen MR) is 65.1 cm³/mol. The van der Waals surface area contributed by atoms with Gasteiger partial charge >= 0.3 is 0 Å². The highest BCUT2D eigenvalue weighted by molar-refractivity contribution is 5.31. The Bertz CT molecular complexity index is 361. The summed E-state index contributed by atoms with van der Waals surface area (Å²) in [6.07, 6.45) is 2.06. The van der Waals surface area contributed by atoms with Gasteiger partial charge in [-0.1, -0.05) is 34.6 Å². The van der Waals surface area contributed by atoms with Crippen LogP contribution in [-0.4, -0.2) is 16.4 Å². The first kappa shape index (κ1) is 13.2. The summed E-state index contributed by atoms with van der Waals surface area (Å²) in [6.45, 7) is 11.2. The summed E-state index contributed by atoms with van der Waals surface area (Å²) >= 11 is 0. The molecule has 0 saturated heterocycles. The van der Waals surface area contributed by atoms with Gasteiger partial charge in [-0.05, 0) is 0 Å². The van der Waals surface area contributed by atoms with Gasteiger partial charge in [0.15, 0.2) is 0 Å². The van der Waals surface area contributed by atoms with Gasteiger partial charge in [0.2, 0.25) is 0 Å². The fraction of sp³-hybridized carbons (Fsp3) is 0.750. The van der Waals surface area contributed by atoms with E-state index >= 15 is 0 Å². The average molecular weight is 225 g/mol. The summed E-state index contributed by atoms with van der Waals surface area (Å²) < 4.78 is 1.86. The molecule has 1 aromatic heterocycles. The van der Waals surface area contributed by atoms with Crippen LogP contribution in [0.25, 0.3) is 0 Å². The summed E-state index contributed by atoms with van der Waals surface area (Å²) in [4.78, 5) is 4.80. The van der Waals surface area contributed by atoms with Gasteiger partial charge in [0.05, 0.1) is 12.3 Å². The smallest absolute Gasteiger partial charge is 0.0771 e. The molecule has 0 amide bonds. The van der Waals surface area contributed by atoms with Gasteiger partial charge in [-0.3, -0.25) is 4.68 Å². The van der Waals surface area contributed by atoms with Crippen molar-refractivity contribution in [2.24, 2.45) is 12.9 Å². The van der Waals surface area contributed by atoms with Crippen LogP contribution in [0.5, 0.6) is 0 Å². The highest BCUT2D eigenvalue weighted by Gasteiger charge is 2.31. The van der Waals surface area contributed by atoms with Crippen molar-refractivity contribution in [2.75, 3.05) is 6.61 Å². The zero-order valence-electron chi connectivity index (χ0n) is 11.2. The van der Waals surface area contributed by atoms with Gasteiger partial charge in [0, 0.05) is 29.6 Å². The van der Waals surface area contributed by atoms with Gasteiger partial charge in [0.25, 0.3) is 0 Å². The first-order chi connectivity index (χ1) is 7.18. The molecule has 2 N–H and O–H groups in total. The molecule has 0 spiro atoms. The van der Waals surface area contributed by atoms with Gasteiger partial charge < -0.3 is 4.84 Å². The summed E-state index contributed by atoms with van der Waals surface area (Å²) in [6, 6.07) is 0. The lowest BCUT2D eigenvalue weighted by molar-refractivity contribution is 0.0957. The quantitative estimate of drug-likeness (QED) is 0.799. The molecule has 0 aliphatic heterocycles. The molecule has 1 rings (SSSR count). The minimum atomic E-state index is -0.119. The number of rotatable bonds is 3. The van der Waals surface area contributed by atoms with Crippen molar-refractivity contribution < 1.29 is 4.84 Å². The minimum Gasteiger partial charge on any atom is -0.304 e. The van der Waals surface area contributed by atoms with Crippen molar-refractivity contribution in [3.8, 4) is 0 Å². The van der Waals surface area contributed by atoms with E-state index in [1.807, 2.05) is 11.7 Å². The molecule has 16 heavy (non-hydrogen) atoms. The van der Waals surface area contributed by atoms with Crippen molar-refractivity contribution >= 4 is 0 Å². The summed E-state index contributed by atoms with van der Waals surface area (Å²) in [5.74, 6) is 5.19. The topological polar surface area (TPSA) is 53.1 Å². The molecule has 1 heterocycles. The lowest BCUT2D eigenvalue weighted by Gasteiger charge is -2.27. The molecule has 0 aliphatic carbocycles. The van der Waals surface area contributed by atoms with Crippen LogP contribution in [0.4, 0.5) is 0 Å². The van der Waals surface area contributed by atoms with Crippen LogP contribution in [0.3, 0.4) is 0 Å². The summed E-state index contributed by atoms with van der Waals surface area (Å²) in [5.41, 5.74) is 2.22. The maximum absolute atomic E-state index is 5.19. The van der Waals surface area contributed by atoms with E-state index in [4.69, 9.17) is 10.7 Å². The number of nitrogens with two attached hydrogens (primary N) is 1. The predicted octanol–water partition coefficient (Wildman–Crippen LogP) is 1.89. The fourth-order valence-corrected chi connectivity index (χ4v) is 1.82. The third kappa shape index (κ3) is 2.62. The molecule has 0 atom stereocenters. The molecule has 0 aromatic carbocycles. The third-order valence-corrected chi connectivity index (χ3v) is 2.71. The molecular weight excluding hydrogens is 202 g/mol. The Morgan fingerprint density at radius 3 is 2.31 bits per heavy atom. The number of nitrogens with zero attached hydrogens (tertiary/aromatic N) is 2. The number of aryl methyl sites for hydroxylation is 1. The lowest BCUT2D eigenvalue weighted by atomic mass is 9.79. The Kier molecular flexibility index (Phi) is 3.45. The first-order valence-corrected chi connectivity index (χ1v) is 5.55. The molecule has 92 valence electrons. The SMILES string of the molecule is Cn1cc(C(C)(C)CON)c(C(C)(C)C)n1. The molecule has 4 nitrogen and oxygen atoms in total. The van der Waals surface area contributed by atoms with Crippen LogP contribution in [0.15, 0.2) is 6.20 Å². The number of hydrogen-bond acceptors (Lipinski definition) is 3. The van der Waals surface area contributed by atoms with E-state index in [-0.39, 0.29) is 10.8 Å². The van der Waals surface area contributed by atoms with Crippen LogP contribution >= 0.6 is 0 Å². The molecule has 0 aliphatic rings. The van der Waals surface area contributed by atoms with Crippen molar-refractivity contribution in [1.82, 2.24) is 9.78 Å². The Morgan fingerprint density at radius 1 is 1.31 bits per heavy atom. The van der Waals surface area contributed by atoms with Crippen molar-refractivity contribution in [1.29, 1.82) is 0 Å². The Labute approximate surface area is 97.7 Å². The zero-order chi connectivity index (χ0) is 12.6. The van der Waals surface area contributed by atoms with E-state index in [9.17, 15) is 0 Å². The maximum atomic E-state index is 5.19. The maximum Gasteiger partial charge on any atom is 0.0771 e. The molecule has 1 aromatic rings. The van der Waals surface area contributed by atoms with Crippen LogP contribution < -0.4 is 5.90 Å². The lowest BCUT2D eigenvalue weighted by Crippen LogP contribution is -2.29. The van der Waals surface area contributed by atoms with E-state index in [1.165, 1.54) is 5.56 Å². The van der Waals surface area contributed by atoms with E-state index in [0.29, 0.717) is 6.61 Å². The largest absolute Gasteiger partial charge is 0.304 e. The number of aromatic nitrogens is 2. The highest BCUT2D eigenvalue weighted by atomic mass is 16.6. The first-order valence-electron chi connectivity index (χ1n) is 5.55. The van der Waals surface area contributed by atoms with Crippen molar-refractivity contribution in [2.45, 2.75) is 45.4 Å². The highest BCUT2D eigenvalue weighted by Crippen LogP contribution is 2.32.